The fourth-order valence-corrected chi connectivity index (χ4v) is 3.13. The number of hydrogen-bond donors (Lipinski definition) is 1. The summed E-state index contributed by atoms with van der Waals surface area (Å²) in [6.45, 7) is 8.42. The van der Waals surface area contributed by atoms with Crippen LogP contribution in [0, 0.1) is 5.82 Å². The lowest BCUT2D eigenvalue weighted by atomic mass is 10.0. The average molecular weight is 264 g/mol. The van der Waals surface area contributed by atoms with Crippen LogP contribution in [0.3, 0.4) is 0 Å². The smallest absolute Gasteiger partial charge is 0.123 e. The van der Waals surface area contributed by atoms with E-state index in [4.69, 9.17) is 0 Å². The summed E-state index contributed by atoms with van der Waals surface area (Å²) in [4.78, 5) is 2.46. The van der Waals surface area contributed by atoms with Gasteiger partial charge in [-0.1, -0.05) is 13.8 Å². The SMILES string of the molecule is CCNC(C)c1cc(F)ccc1N1CCCC1CC. The van der Waals surface area contributed by atoms with Crippen molar-refractivity contribution in [2.75, 3.05) is 18.0 Å². The second-order valence-corrected chi connectivity index (χ2v) is 5.38. The van der Waals surface area contributed by atoms with E-state index in [2.05, 4.69) is 31.0 Å². The van der Waals surface area contributed by atoms with Gasteiger partial charge in [0.25, 0.3) is 0 Å². The molecule has 2 rings (SSSR count). The minimum absolute atomic E-state index is 0.143. The number of nitrogens with zero attached hydrogens (tertiary/aromatic N) is 1. The highest BCUT2D eigenvalue weighted by Gasteiger charge is 2.26. The monoisotopic (exact) mass is 264 g/mol. The van der Waals surface area contributed by atoms with E-state index < -0.39 is 0 Å². The van der Waals surface area contributed by atoms with Crippen molar-refractivity contribution in [1.82, 2.24) is 5.32 Å². The summed E-state index contributed by atoms with van der Waals surface area (Å²) < 4.78 is 13.6. The van der Waals surface area contributed by atoms with Crippen molar-refractivity contribution in [2.24, 2.45) is 0 Å². The predicted octanol–water partition coefficient (Wildman–Crippen LogP) is 3.88. The fraction of sp³-hybridized carbons (Fsp3) is 0.625. The second-order valence-electron chi connectivity index (χ2n) is 5.38. The summed E-state index contributed by atoms with van der Waals surface area (Å²) in [6, 6.07) is 6.02. The normalized spacial score (nSPS) is 20.8. The Morgan fingerprint density at radius 1 is 1.42 bits per heavy atom. The summed E-state index contributed by atoms with van der Waals surface area (Å²) in [6.07, 6.45) is 3.65. The highest BCUT2D eigenvalue weighted by Crippen LogP contribution is 2.33. The second kappa shape index (κ2) is 6.38. The van der Waals surface area contributed by atoms with Crippen LogP contribution >= 0.6 is 0 Å². The zero-order chi connectivity index (χ0) is 13.8. The van der Waals surface area contributed by atoms with Crippen molar-refractivity contribution in [3.63, 3.8) is 0 Å². The van der Waals surface area contributed by atoms with E-state index in [1.807, 2.05) is 6.07 Å². The first-order valence-electron chi connectivity index (χ1n) is 7.46. The quantitative estimate of drug-likeness (QED) is 0.868. The van der Waals surface area contributed by atoms with Gasteiger partial charge in [-0.05, 0) is 56.5 Å². The fourth-order valence-electron chi connectivity index (χ4n) is 3.13. The maximum Gasteiger partial charge on any atom is 0.123 e. The molecule has 0 amide bonds. The number of rotatable bonds is 5. The van der Waals surface area contributed by atoms with Gasteiger partial charge in [-0.15, -0.1) is 0 Å². The molecular weight excluding hydrogens is 239 g/mol. The highest BCUT2D eigenvalue weighted by atomic mass is 19.1. The molecule has 1 aliphatic rings. The van der Waals surface area contributed by atoms with Gasteiger partial charge in [-0.25, -0.2) is 4.39 Å². The molecule has 1 saturated heterocycles. The van der Waals surface area contributed by atoms with Gasteiger partial charge in [-0.3, -0.25) is 0 Å². The topological polar surface area (TPSA) is 15.3 Å². The number of hydrogen-bond acceptors (Lipinski definition) is 2. The maximum absolute atomic E-state index is 13.6. The first-order chi connectivity index (χ1) is 9.17. The predicted molar refractivity (Wildman–Crippen MR) is 79.2 cm³/mol. The third kappa shape index (κ3) is 3.08. The van der Waals surface area contributed by atoms with Gasteiger partial charge < -0.3 is 10.2 Å². The summed E-state index contributed by atoms with van der Waals surface area (Å²) in [7, 11) is 0. The van der Waals surface area contributed by atoms with Gasteiger partial charge in [0, 0.05) is 24.3 Å². The molecule has 1 aromatic rings. The Morgan fingerprint density at radius 3 is 2.89 bits per heavy atom. The molecule has 1 fully saturated rings. The molecule has 2 nitrogen and oxygen atoms in total. The molecule has 1 heterocycles. The van der Waals surface area contributed by atoms with Crippen LogP contribution in [0.5, 0.6) is 0 Å². The molecule has 1 N–H and O–H groups in total. The molecule has 0 bridgehead atoms. The maximum atomic E-state index is 13.6. The van der Waals surface area contributed by atoms with Crippen molar-refractivity contribution in [3.8, 4) is 0 Å². The summed E-state index contributed by atoms with van der Waals surface area (Å²) >= 11 is 0. The molecule has 106 valence electrons. The summed E-state index contributed by atoms with van der Waals surface area (Å²) in [5, 5.41) is 3.39. The highest BCUT2D eigenvalue weighted by molar-refractivity contribution is 5.56. The van der Waals surface area contributed by atoms with E-state index in [9.17, 15) is 4.39 Å². The number of halogens is 1. The average Bonchev–Trinajstić information content (AvgIpc) is 2.87. The van der Waals surface area contributed by atoms with E-state index in [-0.39, 0.29) is 11.9 Å². The van der Waals surface area contributed by atoms with Crippen molar-refractivity contribution in [2.45, 2.75) is 52.1 Å². The standard InChI is InChI=1S/C16H25FN2/c1-4-14-7-6-10-19(14)16-9-8-13(17)11-15(16)12(3)18-5-2/h8-9,11-12,14,18H,4-7,10H2,1-3H3. The lowest BCUT2D eigenvalue weighted by molar-refractivity contribution is 0.576. The molecule has 3 heteroatoms. The minimum atomic E-state index is -0.143. The van der Waals surface area contributed by atoms with Crippen LogP contribution < -0.4 is 10.2 Å². The molecule has 0 saturated carbocycles. The Balaban J connectivity index is 2.33. The number of anilines is 1. The van der Waals surface area contributed by atoms with Crippen molar-refractivity contribution in [1.29, 1.82) is 0 Å². The van der Waals surface area contributed by atoms with Gasteiger partial charge >= 0.3 is 0 Å². The van der Waals surface area contributed by atoms with Crippen molar-refractivity contribution >= 4 is 5.69 Å². The molecule has 19 heavy (non-hydrogen) atoms. The Labute approximate surface area is 116 Å². The lowest BCUT2D eigenvalue weighted by Gasteiger charge is -2.30. The van der Waals surface area contributed by atoms with E-state index in [0.29, 0.717) is 6.04 Å². The van der Waals surface area contributed by atoms with Crippen LogP contribution in [0.4, 0.5) is 10.1 Å². The largest absolute Gasteiger partial charge is 0.368 e. The third-order valence-corrected chi connectivity index (χ3v) is 4.12. The van der Waals surface area contributed by atoms with E-state index >= 15 is 0 Å². The van der Waals surface area contributed by atoms with Crippen LogP contribution in [-0.4, -0.2) is 19.1 Å². The van der Waals surface area contributed by atoms with Gasteiger partial charge in [0.15, 0.2) is 0 Å². The molecule has 1 aliphatic heterocycles. The van der Waals surface area contributed by atoms with Crippen LogP contribution in [0.25, 0.3) is 0 Å². The molecule has 1 aromatic carbocycles. The van der Waals surface area contributed by atoms with Gasteiger partial charge in [0.2, 0.25) is 0 Å². The number of nitrogens with one attached hydrogen (secondary N) is 1. The lowest BCUT2D eigenvalue weighted by Crippen LogP contribution is -2.31. The van der Waals surface area contributed by atoms with Gasteiger partial charge in [-0.2, -0.15) is 0 Å². The molecule has 0 aliphatic carbocycles. The zero-order valence-corrected chi connectivity index (χ0v) is 12.2. The Morgan fingerprint density at radius 2 is 2.21 bits per heavy atom. The van der Waals surface area contributed by atoms with E-state index in [1.54, 1.807) is 12.1 Å². The van der Waals surface area contributed by atoms with Gasteiger partial charge in [0.1, 0.15) is 5.82 Å². The van der Waals surface area contributed by atoms with Crippen LogP contribution in [-0.2, 0) is 0 Å². The number of benzene rings is 1. The molecule has 2 unspecified atom stereocenters. The minimum Gasteiger partial charge on any atom is -0.368 e. The van der Waals surface area contributed by atoms with E-state index in [1.165, 1.54) is 18.5 Å². The van der Waals surface area contributed by atoms with E-state index in [0.717, 1.165) is 25.1 Å². The molecule has 2 atom stereocenters. The van der Waals surface area contributed by atoms with Crippen molar-refractivity contribution < 1.29 is 4.39 Å². The van der Waals surface area contributed by atoms with Crippen molar-refractivity contribution in [3.05, 3.63) is 29.6 Å². The molecule has 0 radical (unpaired) electrons. The van der Waals surface area contributed by atoms with Crippen LogP contribution in [0.15, 0.2) is 18.2 Å². The first-order valence-corrected chi connectivity index (χ1v) is 7.46. The Hall–Kier alpha value is -1.09. The Bertz CT molecular complexity index is 419. The first kappa shape index (κ1) is 14.3. The van der Waals surface area contributed by atoms with Crippen LogP contribution in [0.2, 0.25) is 0 Å². The third-order valence-electron chi connectivity index (χ3n) is 4.12. The summed E-state index contributed by atoms with van der Waals surface area (Å²) in [5.41, 5.74) is 2.29. The molecular formula is C16H25FN2. The Kier molecular flexibility index (Phi) is 4.81. The molecule has 0 spiro atoms. The van der Waals surface area contributed by atoms with Crippen LogP contribution in [0.1, 0.15) is 51.6 Å². The molecule has 0 aromatic heterocycles. The van der Waals surface area contributed by atoms with Gasteiger partial charge in [0.05, 0.1) is 0 Å². The zero-order valence-electron chi connectivity index (χ0n) is 12.2. The summed E-state index contributed by atoms with van der Waals surface area (Å²) in [5.74, 6) is -0.143.